The Labute approximate surface area is 116 Å². The average Bonchev–Trinajstić information content (AvgIpc) is 2.37. The second-order valence-electron chi connectivity index (χ2n) is 3.97. The number of nitrogens with one attached hydrogen (secondary N) is 1. The van der Waals surface area contributed by atoms with Crippen LogP contribution in [0.15, 0.2) is 36.7 Å². The molecule has 3 nitrogen and oxygen atoms in total. The van der Waals surface area contributed by atoms with Crippen molar-refractivity contribution in [1.29, 1.82) is 0 Å². The van der Waals surface area contributed by atoms with E-state index in [1.807, 2.05) is 25.1 Å². The SMILES string of the molecule is Cc1ccncc1C(NN)c1cccc(Cl)c1Cl. The summed E-state index contributed by atoms with van der Waals surface area (Å²) in [6.07, 6.45) is 3.52. The number of benzene rings is 1. The lowest BCUT2D eigenvalue weighted by Gasteiger charge is -2.20. The quantitative estimate of drug-likeness (QED) is 0.671. The number of halogens is 2. The fraction of sp³-hybridized carbons (Fsp3) is 0.154. The first-order valence-corrected chi connectivity index (χ1v) is 6.21. The van der Waals surface area contributed by atoms with Crippen LogP contribution in [0.2, 0.25) is 10.0 Å². The molecule has 0 saturated heterocycles. The van der Waals surface area contributed by atoms with E-state index in [0.29, 0.717) is 10.0 Å². The van der Waals surface area contributed by atoms with E-state index < -0.39 is 0 Å². The van der Waals surface area contributed by atoms with Crippen molar-refractivity contribution in [3.05, 3.63) is 63.4 Å². The van der Waals surface area contributed by atoms with Gasteiger partial charge in [0, 0.05) is 12.4 Å². The van der Waals surface area contributed by atoms with Crippen molar-refractivity contribution in [2.45, 2.75) is 13.0 Å². The summed E-state index contributed by atoms with van der Waals surface area (Å²) >= 11 is 12.2. The molecule has 1 aromatic heterocycles. The summed E-state index contributed by atoms with van der Waals surface area (Å²) in [6, 6.07) is 7.19. The van der Waals surface area contributed by atoms with E-state index in [1.54, 1.807) is 18.5 Å². The summed E-state index contributed by atoms with van der Waals surface area (Å²) in [5, 5.41) is 1.02. The van der Waals surface area contributed by atoms with Gasteiger partial charge in [0.25, 0.3) is 0 Å². The highest BCUT2D eigenvalue weighted by molar-refractivity contribution is 6.42. The van der Waals surface area contributed by atoms with Gasteiger partial charge in [0.05, 0.1) is 16.1 Å². The maximum atomic E-state index is 6.22. The highest BCUT2D eigenvalue weighted by Crippen LogP contribution is 2.33. The third kappa shape index (κ3) is 2.49. The van der Waals surface area contributed by atoms with Gasteiger partial charge in [-0.25, -0.2) is 5.43 Å². The summed E-state index contributed by atoms with van der Waals surface area (Å²) < 4.78 is 0. The van der Waals surface area contributed by atoms with Crippen LogP contribution < -0.4 is 11.3 Å². The lowest BCUT2D eigenvalue weighted by molar-refractivity contribution is 0.631. The predicted octanol–water partition coefficient (Wildman–Crippen LogP) is 3.25. The number of aryl methyl sites for hydroxylation is 1. The van der Waals surface area contributed by atoms with Gasteiger partial charge >= 0.3 is 0 Å². The normalized spacial score (nSPS) is 12.4. The molecule has 5 heteroatoms. The molecule has 1 heterocycles. The fourth-order valence-electron chi connectivity index (χ4n) is 1.87. The molecule has 0 radical (unpaired) electrons. The molecule has 0 aliphatic heterocycles. The summed E-state index contributed by atoms with van der Waals surface area (Å²) in [6.45, 7) is 2.00. The van der Waals surface area contributed by atoms with Crippen LogP contribution in [-0.4, -0.2) is 4.98 Å². The van der Waals surface area contributed by atoms with Gasteiger partial charge in [-0.3, -0.25) is 10.8 Å². The second kappa shape index (κ2) is 5.67. The number of pyridine rings is 1. The maximum Gasteiger partial charge on any atom is 0.0742 e. The molecule has 0 fully saturated rings. The first-order valence-electron chi connectivity index (χ1n) is 5.45. The number of hydrogen-bond donors (Lipinski definition) is 2. The van der Waals surface area contributed by atoms with Gasteiger partial charge in [-0.05, 0) is 35.7 Å². The van der Waals surface area contributed by atoms with Gasteiger partial charge in [-0.2, -0.15) is 0 Å². The zero-order valence-electron chi connectivity index (χ0n) is 9.82. The van der Waals surface area contributed by atoms with Gasteiger partial charge in [-0.1, -0.05) is 35.3 Å². The lowest BCUT2D eigenvalue weighted by Crippen LogP contribution is -2.29. The third-order valence-corrected chi connectivity index (χ3v) is 3.68. The molecule has 1 atom stereocenters. The van der Waals surface area contributed by atoms with Crippen LogP contribution in [0.1, 0.15) is 22.7 Å². The average molecular weight is 282 g/mol. The number of aromatic nitrogens is 1. The third-order valence-electron chi connectivity index (χ3n) is 2.85. The van der Waals surface area contributed by atoms with Crippen LogP contribution in [0, 0.1) is 6.92 Å². The van der Waals surface area contributed by atoms with Crippen LogP contribution in [0.5, 0.6) is 0 Å². The molecule has 94 valence electrons. The molecular formula is C13H13Cl2N3. The Hall–Kier alpha value is -1.13. The van der Waals surface area contributed by atoms with Gasteiger partial charge in [0.1, 0.15) is 0 Å². The fourth-order valence-corrected chi connectivity index (χ4v) is 2.29. The molecule has 18 heavy (non-hydrogen) atoms. The van der Waals surface area contributed by atoms with Crippen molar-refractivity contribution in [1.82, 2.24) is 10.4 Å². The highest BCUT2D eigenvalue weighted by atomic mass is 35.5. The van der Waals surface area contributed by atoms with E-state index in [4.69, 9.17) is 29.0 Å². The predicted molar refractivity (Wildman–Crippen MR) is 74.6 cm³/mol. The Bertz CT molecular complexity index is 558. The molecule has 0 bridgehead atoms. The standard InChI is InChI=1S/C13H13Cl2N3/c1-8-5-6-17-7-10(8)13(18-16)9-3-2-4-11(14)12(9)15/h2-7,13,18H,16H2,1H3. The zero-order chi connectivity index (χ0) is 13.1. The van der Waals surface area contributed by atoms with E-state index in [-0.39, 0.29) is 6.04 Å². The molecular weight excluding hydrogens is 269 g/mol. The Morgan fingerprint density at radius 1 is 1.22 bits per heavy atom. The zero-order valence-corrected chi connectivity index (χ0v) is 11.3. The van der Waals surface area contributed by atoms with Gasteiger partial charge in [0.2, 0.25) is 0 Å². The van der Waals surface area contributed by atoms with Crippen molar-refractivity contribution in [3.63, 3.8) is 0 Å². The van der Waals surface area contributed by atoms with Crippen molar-refractivity contribution >= 4 is 23.2 Å². The van der Waals surface area contributed by atoms with Crippen LogP contribution in [-0.2, 0) is 0 Å². The van der Waals surface area contributed by atoms with Gasteiger partial charge in [-0.15, -0.1) is 0 Å². The van der Waals surface area contributed by atoms with Crippen LogP contribution in [0.3, 0.4) is 0 Å². The van der Waals surface area contributed by atoms with E-state index in [1.165, 1.54) is 0 Å². The van der Waals surface area contributed by atoms with Crippen molar-refractivity contribution in [2.75, 3.05) is 0 Å². The Balaban J connectivity index is 2.53. The van der Waals surface area contributed by atoms with E-state index in [0.717, 1.165) is 16.7 Å². The Kier molecular flexibility index (Phi) is 4.19. The van der Waals surface area contributed by atoms with Crippen LogP contribution >= 0.6 is 23.2 Å². The van der Waals surface area contributed by atoms with E-state index in [9.17, 15) is 0 Å². The molecule has 0 aliphatic carbocycles. The molecule has 0 saturated carbocycles. The van der Waals surface area contributed by atoms with Gasteiger partial charge in [0.15, 0.2) is 0 Å². The number of hydrogen-bond acceptors (Lipinski definition) is 3. The van der Waals surface area contributed by atoms with E-state index in [2.05, 4.69) is 10.4 Å². The number of nitrogens with two attached hydrogens (primary N) is 1. The molecule has 3 N–H and O–H groups in total. The van der Waals surface area contributed by atoms with Crippen LogP contribution in [0.4, 0.5) is 0 Å². The molecule has 0 spiro atoms. The smallest absolute Gasteiger partial charge is 0.0742 e. The lowest BCUT2D eigenvalue weighted by atomic mass is 9.97. The number of hydrazine groups is 1. The maximum absolute atomic E-state index is 6.22. The molecule has 1 aromatic carbocycles. The monoisotopic (exact) mass is 281 g/mol. The minimum atomic E-state index is -0.232. The molecule has 2 rings (SSSR count). The van der Waals surface area contributed by atoms with Gasteiger partial charge < -0.3 is 0 Å². The first-order chi connectivity index (χ1) is 8.65. The molecule has 1 unspecified atom stereocenters. The highest BCUT2D eigenvalue weighted by Gasteiger charge is 2.18. The number of rotatable bonds is 3. The summed E-state index contributed by atoms with van der Waals surface area (Å²) in [7, 11) is 0. The summed E-state index contributed by atoms with van der Waals surface area (Å²) in [5.41, 5.74) is 5.66. The first kappa shape index (κ1) is 13.3. The van der Waals surface area contributed by atoms with Crippen molar-refractivity contribution < 1.29 is 0 Å². The minimum absolute atomic E-state index is 0.232. The van der Waals surface area contributed by atoms with Crippen molar-refractivity contribution in [2.24, 2.45) is 5.84 Å². The largest absolute Gasteiger partial charge is 0.271 e. The molecule has 0 amide bonds. The van der Waals surface area contributed by atoms with Crippen LogP contribution in [0.25, 0.3) is 0 Å². The summed E-state index contributed by atoms with van der Waals surface area (Å²) in [4.78, 5) is 4.12. The van der Waals surface area contributed by atoms with E-state index >= 15 is 0 Å². The number of nitrogens with zero attached hydrogens (tertiary/aromatic N) is 1. The van der Waals surface area contributed by atoms with Crippen molar-refractivity contribution in [3.8, 4) is 0 Å². The molecule has 2 aromatic rings. The Morgan fingerprint density at radius 2 is 2.00 bits per heavy atom. The Morgan fingerprint density at radius 3 is 2.67 bits per heavy atom. The molecule has 0 aliphatic rings. The topological polar surface area (TPSA) is 50.9 Å². The minimum Gasteiger partial charge on any atom is -0.271 e. The second-order valence-corrected chi connectivity index (χ2v) is 4.76. The summed E-state index contributed by atoms with van der Waals surface area (Å²) in [5.74, 6) is 5.65.